The molecule has 2 aliphatic rings. The summed E-state index contributed by atoms with van der Waals surface area (Å²) in [6.45, 7) is 5.57. The van der Waals surface area contributed by atoms with E-state index in [-0.39, 0.29) is 23.8 Å². The van der Waals surface area contributed by atoms with Crippen LogP contribution in [0.1, 0.15) is 31.7 Å². The molecule has 23 heavy (non-hydrogen) atoms. The fourth-order valence-electron chi connectivity index (χ4n) is 3.44. The molecule has 0 aromatic heterocycles. The average Bonchev–Trinajstić information content (AvgIpc) is 2.90. The van der Waals surface area contributed by atoms with Gasteiger partial charge in [0.1, 0.15) is 0 Å². The highest BCUT2D eigenvalue weighted by Crippen LogP contribution is 2.25. The summed E-state index contributed by atoms with van der Waals surface area (Å²) in [6.07, 6.45) is 2.22. The first-order valence-electron chi connectivity index (χ1n) is 8.43. The SMILES string of the molecule is Cc1ccc(N2CC(C(=O)NC3CCNC(C)C3)CC2=O)cc1. The molecule has 1 aromatic carbocycles. The minimum absolute atomic E-state index is 0.0204. The van der Waals surface area contributed by atoms with Crippen molar-refractivity contribution in [1.82, 2.24) is 10.6 Å². The van der Waals surface area contributed by atoms with Gasteiger partial charge in [-0.05, 0) is 45.4 Å². The second-order valence-corrected chi connectivity index (χ2v) is 6.83. The number of nitrogens with zero attached hydrogens (tertiary/aromatic N) is 1. The molecule has 3 rings (SSSR count). The summed E-state index contributed by atoms with van der Waals surface area (Å²) >= 11 is 0. The van der Waals surface area contributed by atoms with E-state index in [0.29, 0.717) is 19.0 Å². The Hall–Kier alpha value is -1.88. The first kappa shape index (κ1) is 16.0. The van der Waals surface area contributed by atoms with Gasteiger partial charge in [-0.1, -0.05) is 17.7 Å². The van der Waals surface area contributed by atoms with Crippen LogP contribution in [0.2, 0.25) is 0 Å². The number of benzene rings is 1. The number of aryl methyl sites for hydroxylation is 1. The Balaban J connectivity index is 1.60. The van der Waals surface area contributed by atoms with Crippen molar-refractivity contribution in [1.29, 1.82) is 0 Å². The van der Waals surface area contributed by atoms with E-state index in [1.807, 2.05) is 31.2 Å². The van der Waals surface area contributed by atoms with Crippen LogP contribution in [0.3, 0.4) is 0 Å². The summed E-state index contributed by atoms with van der Waals surface area (Å²) in [7, 11) is 0. The predicted octanol–water partition coefficient (Wildman–Crippen LogP) is 1.60. The van der Waals surface area contributed by atoms with Crippen LogP contribution < -0.4 is 15.5 Å². The summed E-state index contributed by atoms with van der Waals surface area (Å²) in [6, 6.07) is 8.54. The smallest absolute Gasteiger partial charge is 0.227 e. The van der Waals surface area contributed by atoms with Gasteiger partial charge in [-0.3, -0.25) is 9.59 Å². The average molecular weight is 315 g/mol. The summed E-state index contributed by atoms with van der Waals surface area (Å²) in [4.78, 5) is 26.5. The fraction of sp³-hybridized carbons (Fsp3) is 0.556. The lowest BCUT2D eigenvalue weighted by molar-refractivity contribution is -0.127. The summed E-state index contributed by atoms with van der Waals surface area (Å²) in [5, 5.41) is 6.52. The summed E-state index contributed by atoms with van der Waals surface area (Å²) in [5.41, 5.74) is 2.04. The third kappa shape index (κ3) is 3.72. The van der Waals surface area contributed by atoms with E-state index >= 15 is 0 Å². The lowest BCUT2D eigenvalue weighted by Gasteiger charge is -2.29. The van der Waals surface area contributed by atoms with Crippen molar-refractivity contribution in [2.24, 2.45) is 5.92 Å². The lowest BCUT2D eigenvalue weighted by Crippen LogP contribution is -2.48. The molecule has 2 heterocycles. The molecule has 1 aromatic rings. The molecule has 2 fully saturated rings. The highest BCUT2D eigenvalue weighted by Gasteiger charge is 2.36. The Morgan fingerprint density at radius 1 is 1.30 bits per heavy atom. The molecule has 2 aliphatic heterocycles. The third-order valence-corrected chi connectivity index (χ3v) is 4.81. The van der Waals surface area contributed by atoms with E-state index < -0.39 is 0 Å². The molecule has 5 heteroatoms. The maximum atomic E-state index is 12.5. The van der Waals surface area contributed by atoms with Gasteiger partial charge >= 0.3 is 0 Å². The van der Waals surface area contributed by atoms with Crippen LogP contribution in [0.5, 0.6) is 0 Å². The number of piperidine rings is 1. The quantitative estimate of drug-likeness (QED) is 0.891. The third-order valence-electron chi connectivity index (χ3n) is 4.81. The Morgan fingerprint density at radius 2 is 2.04 bits per heavy atom. The van der Waals surface area contributed by atoms with E-state index in [4.69, 9.17) is 0 Å². The van der Waals surface area contributed by atoms with Crippen LogP contribution in [0.4, 0.5) is 5.69 Å². The van der Waals surface area contributed by atoms with Gasteiger partial charge in [0.05, 0.1) is 5.92 Å². The molecule has 3 unspecified atom stereocenters. The van der Waals surface area contributed by atoms with Crippen molar-refractivity contribution in [2.45, 2.75) is 45.2 Å². The molecular weight excluding hydrogens is 290 g/mol. The zero-order chi connectivity index (χ0) is 16.4. The van der Waals surface area contributed by atoms with Crippen LogP contribution in [0.25, 0.3) is 0 Å². The Kier molecular flexibility index (Phi) is 4.66. The monoisotopic (exact) mass is 315 g/mol. The highest BCUT2D eigenvalue weighted by molar-refractivity contribution is 6.00. The predicted molar refractivity (Wildman–Crippen MR) is 90.3 cm³/mol. The minimum atomic E-state index is -0.242. The van der Waals surface area contributed by atoms with Crippen molar-refractivity contribution in [3.63, 3.8) is 0 Å². The van der Waals surface area contributed by atoms with Crippen LogP contribution >= 0.6 is 0 Å². The number of nitrogens with one attached hydrogen (secondary N) is 2. The molecule has 0 radical (unpaired) electrons. The van der Waals surface area contributed by atoms with E-state index in [1.54, 1.807) is 4.90 Å². The molecule has 0 spiro atoms. The van der Waals surface area contributed by atoms with Gasteiger partial charge < -0.3 is 15.5 Å². The molecule has 0 saturated carbocycles. The van der Waals surface area contributed by atoms with Gasteiger partial charge in [0.2, 0.25) is 11.8 Å². The normalized spacial score (nSPS) is 28.0. The molecule has 2 N–H and O–H groups in total. The maximum Gasteiger partial charge on any atom is 0.227 e. The van der Waals surface area contributed by atoms with Crippen LogP contribution in [0, 0.1) is 12.8 Å². The van der Waals surface area contributed by atoms with Crippen molar-refractivity contribution in [2.75, 3.05) is 18.0 Å². The molecule has 0 aliphatic carbocycles. The van der Waals surface area contributed by atoms with Crippen molar-refractivity contribution in [3.8, 4) is 0 Å². The van der Waals surface area contributed by atoms with Gasteiger partial charge in [-0.2, -0.15) is 0 Å². The number of carbonyl (C=O) groups excluding carboxylic acids is 2. The largest absolute Gasteiger partial charge is 0.353 e. The Bertz CT molecular complexity index is 584. The molecule has 124 valence electrons. The number of anilines is 1. The summed E-state index contributed by atoms with van der Waals surface area (Å²) in [5.74, 6) is -0.186. The van der Waals surface area contributed by atoms with E-state index in [1.165, 1.54) is 0 Å². The molecule has 0 bridgehead atoms. The topological polar surface area (TPSA) is 61.4 Å². The van der Waals surface area contributed by atoms with Crippen molar-refractivity contribution >= 4 is 17.5 Å². The van der Waals surface area contributed by atoms with Gasteiger partial charge in [-0.25, -0.2) is 0 Å². The number of hydrogen-bond acceptors (Lipinski definition) is 3. The van der Waals surface area contributed by atoms with Crippen LogP contribution in [0.15, 0.2) is 24.3 Å². The Morgan fingerprint density at radius 3 is 2.74 bits per heavy atom. The van der Waals surface area contributed by atoms with Gasteiger partial charge in [0, 0.05) is 30.7 Å². The zero-order valence-corrected chi connectivity index (χ0v) is 13.8. The minimum Gasteiger partial charge on any atom is -0.353 e. The Labute approximate surface area is 137 Å². The first-order valence-corrected chi connectivity index (χ1v) is 8.43. The zero-order valence-electron chi connectivity index (χ0n) is 13.8. The van der Waals surface area contributed by atoms with Crippen molar-refractivity contribution in [3.05, 3.63) is 29.8 Å². The summed E-state index contributed by atoms with van der Waals surface area (Å²) < 4.78 is 0. The van der Waals surface area contributed by atoms with E-state index in [0.717, 1.165) is 30.6 Å². The second kappa shape index (κ2) is 6.71. The number of carbonyl (C=O) groups is 2. The first-order chi connectivity index (χ1) is 11.0. The molecule has 5 nitrogen and oxygen atoms in total. The van der Waals surface area contributed by atoms with Gasteiger partial charge in [0.15, 0.2) is 0 Å². The molecule has 3 atom stereocenters. The van der Waals surface area contributed by atoms with E-state index in [9.17, 15) is 9.59 Å². The fourth-order valence-corrected chi connectivity index (χ4v) is 3.44. The number of amides is 2. The molecule has 2 amide bonds. The second-order valence-electron chi connectivity index (χ2n) is 6.83. The number of rotatable bonds is 3. The molecule has 2 saturated heterocycles. The highest BCUT2D eigenvalue weighted by atomic mass is 16.2. The van der Waals surface area contributed by atoms with E-state index in [2.05, 4.69) is 17.6 Å². The number of hydrogen-bond donors (Lipinski definition) is 2. The molecular formula is C18H25N3O2. The van der Waals surface area contributed by atoms with Crippen LogP contribution in [-0.2, 0) is 9.59 Å². The standard InChI is InChI=1S/C18H25N3O2/c1-12-3-5-16(6-4-12)21-11-14(10-17(21)22)18(23)20-15-7-8-19-13(2)9-15/h3-6,13-15,19H,7-11H2,1-2H3,(H,20,23). The van der Waals surface area contributed by atoms with Crippen molar-refractivity contribution < 1.29 is 9.59 Å². The van der Waals surface area contributed by atoms with Gasteiger partial charge in [0.25, 0.3) is 0 Å². The maximum absolute atomic E-state index is 12.5. The van der Waals surface area contributed by atoms with Crippen LogP contribution in [-0.4, -0.2) is 37.0 Å². The van der Waals surface area contributed by atoms with Gasteiger partial charge in [-0.15, -0.1) is 0 Å². The lowest BCUT2D eigenvalue weighted by atomic mass is 9.99.